The Labute approximate surface area is 107 Å². The fraction of sp³-hybridized carbons (Fsp3) is 0.500. The summed E-state index contributed by atoms with van der Waals surface area (Å²) in [5, 5.41) is 0. The third kappa shape index (κ3) is 2.64. The van der Waals surface area contributed by atoms with Crippen LogP contribution in [-0.4, -0.2) is 25.2 Å². The third-order valence-electron chi connectivity index (χ3n) is 3.34. The molecule has 0 aromatic heterocycles. The number of carbonyl (C=O) groups is 1. The second-order valence-electron chi connectivity index (χ2n) is 4.91. The molecule has 18 heavy (non-hydrogen) atoms. The lowest BCUT2D eigenvalue weighted by Gasteiger charge is -2.26. The van der Waals surface area contributed by atoms with Crippen LogP contribution >= 0.6 is 0 Å². The normalized spacial score (nSPS) is 17.9. The Morgan fingerprint density at radius 3 is 2.78 bits per heavy atom. The Bertz CT molecular complexity index is 442. The van der Waals surface area contributed by atoms with Gasteiger partial charge in [-0.15, -0.1) is 0 Å². The van der Waals surface area contributed by atoms with Crippen molar-refractivity contribution in [1.29, 1.82) is 0 Å². The van der Waals surface area contributed by atoms with Crippen LogP contribution in [0.1, 0.15) is 18.4 Å². The zero-order chi connectivity index (χ0) is 13.2. The Hall–Kier alpha value is -1.55. The predicted molar refractivity (Wildman–Crippen MR) is 68.3 cm³/mol. The zero-order valence-corrected chi connectivity index (χ0v) is 10.8. The zero-order valence-electron chi connectivity index (χ0n) is 10.8. The monoisotopic (exact) mass is 249 g/mol. The molecule has 1 fully saturated rings. The highest BCUT2D eigenvalue weighted by Crippen LogP contribution is 2.39. The van der Waals surface area contributed by atoms with Gasteiger partial charge in [-0.3, -0.25) is 0 Å². The number of nitrogens with two attached hydrogens (primary N) is 1. The van der Waals surface area contributed by atoms with E-state index in [0.29, 0.717) is 0 Å². The van der Waals surface area contributed by atoms with E-state index in [-0.39, 0.29) is 12.5 Å². The smallest absolute Gasteiger partial charge is 0.329 e. The summed E-state index contributed by atoms with van der Waals surface area (Å²) in [5.41, 5.74) is 6.24. The summed E-state index contributed by atoms with van der Waals surface area (Å²) in [6, 6.07) is 7.68. The number of benzene rings is 1. The van der Waals surface area contributed by atoms with Gasteiger partial charge in [0.05, 0.1) is 7.11 Å². The molecule has 98 valence electrons. The van der Waals surface area contributed by atoms with Crippen LogP contribution in [0.4, 0.5) is 0 Å². The maximum absolute atomic E-state index is 11.8. The van der Waals surface area contributed by atoms with E-state index < -0.39 is 11.5 Å². The fourth-order valence-corrected chi connectivity index (χ4v) is 2.04. The van der Waals surface area contributed by atoms with Crippen molar-refractivity contribution in [2.45, 2.75) is 25.3 Å². The molecule has 1 aliphatic rings. The van der Waals surface area contributed by atoms with E-state index >= 15 is 0 Å². The van der Waals surface area contributed by atoms with Crippen molar-refractivity contribution >= 4 is 5.97 Å². The lowest BCUT2D eigenvalue weighted by molar-refractivity contribution is -0.149. The lowest BCUT2D eigenvalue weighted by atomic mass is 9.96. The number of methoxy groups -OCH3 is 1. The van der Waals surface area contributed by atoms with Gasteiger partial charge in [0.25, 0.3) is 0 Å². The first kappa shape index (κ1) is 12.9. The van der Waals surface area contributed by atoms with E-state index in [2.05, 4.69) is 0 Å². The van der Waals surface area contributed by atoms with Crippen molar-refractivity contribution in [3.05, 3.63) is 29.8 Å². The Balaban J connectivity index is 2.04. The van der Waals surface area contributed by atoms with Crippen molar-refractivity contribution in [3.63, 3.8) is 0 Å². The average Bonchev–Trinajstić information content (AvgIpc) is 3.19. The van der Waals surface area contributed by atoms with Gasteiger partial charge in [0.15, 0.2) is 5.54 Å². The third-order valence-corrected chi connectivity index (χ3v) is 3.34. The molecule has 0 bridgehead atoms. The van der Waals surface area contributed by atoms with Gasteiger partial charge in [-0.25, -0.2) is 4.79 Å². The quantitative estimate of drug-likeness (QED) is 0.806. The summed E-state index contributed by atoms with van der Waals surface area (Å²) in [4.78, 5) is 11.8. The highest BCUT2D eigenvalue weighted by molar-refractivity contribution is 5.81. The van der Waals surface area contributed by atoms with E-state index in [9.17, 15) is 4.79 Å². The van der Waals surface area contributed by atoms with Crippen molar-refractivity contribution in [1.82, 2.24) is 0 Å². The van der Waals surface area contributed by atoms with E-state index in [1.807, 2.05) is 31.2 Å². The standard InChI is InChI=1S/C14H19NO3/c1-10-4-3-5-12(8-10)18-9-14(15,11-6-7-11)13(16)17-2/h3-5,8,11H,6-7,9,15H2,1-2H3. The number of carbonyl (C=O) groups excluding carboxylic acids is 1. The maximum Gasteiger partial charge on any atom is 0.329 e. The van der Waals surface area contributed by atoms with E-state index in [1.165, 1.54) is 7.11 Å². The molecule has 4 heteroatoms. The second kappa shape index (κ2) is 4.98. The average molecular weight is 249 g/mol. The largest absolute Gasteiger partial charge is 0.491 e. The molecular formula is C14H19NO3. The number of aryl methyl sites for hydroxylation is 1. The van der Waals surface area contributed by atoms with Crippen LogP contribution in [-0.2, 0) is 9.53 Å². The van der Waals surface area contributed by atoms with Crippen LogP contribution in [0, 0.1) is 12.8 Å². The van der Waals surface area contributed by atoms with E-state index in [1.54, 1.807) is 0 Å². The number of esters is 1. The topological polar surface area (TPSA) is 61.5 Å². The number of hydrogen-bond donors (Lipinski definition) is 1. The van der Waals surface area contributed by atoms with Gasteiger partial charge < -0.3 is 15.2 Å². The first-order valence-corrected chi connectivity index (χ1v) is 6.13. The summed E-state index contributed by atoms with van der Waals surface area (Å²) in [6.45, 7) is 2.15. The SMILES string of the molecule is COC(=O)C(N)(COc1cccc(C)c1)C1CC1. The van der Waals surface area contributed by atoms with Crippen molar-refractivity contribution in [2.75, 3.05) is 13.7 Å². The predicted octanol–water partition coefficient (Wildman–Crippen LogP) is 1.65. The first-order valence-electron chi connectivity index (χ1n) is 6.13. The Morgan fingerprint density at radius 1 is 1.50 bits per heavy atom. The molecular weight excluding hydrogens is 230 g/mol. The summed E-state index contributed by atoms with van der Waals surface area (Å²) < 4.78 is 10.4. The molecule has 1 atom stereocenters. The molecule has 0 spiro atoms. The first-order chi connectivity index (χ1) is 8.56. The maximum atomic E-state index is 11.8. The van der Waals surface area contributed by atoms with Gasteiger partial charge in [-0.1, -0.05) is 12.1 Å². The summed E-state index contributed by atoms with van der Waals surface area (Å²) in [5.74, 6) is 0.516. The molecule has 0 saturated heterocycles. The molecule has 1 saturated carbocycles. The van der Waals surface area contributed by atoms with Crippen molar-refractivity contribution in [2.24, 2.45) is 11.7 Å². The van der Waals surface area contributed by atoms with Crippen LogP contribution in [0.2, 0.25) is 0 Å². The van der Waals surface area contributed by atoms with Gasteiger partial charge in [-0.2, -0.15) is 0 Å². The van der Waals surface area contributed by atoms with Crippen LogP contribution in [0.5, 0.6) is 5.75 Å². The fourth-order valence-electron chi connectivity index (χ4n) is 2.04. The highest BCUT2D eigenvalue weighted by atomic mass is 16.5. The molecule has 0 aliphatic heterocycles. The molecule has 1 aromatic rings. The number of hydrogen-bond acceptors (Lipinski definition) is 4. The Kier molecular flexibility index (Phi) is 3.57. The highest BCUT2D eigenvalue weighted by Gasteiger charge is 2.49. The Morgan fingerprint density at radius 2 is 2.22 bits per heavy atom. The molecule has 2 rings (SSSR count). The van der Waals surface area contributed by atoms with Gasteiger partial charge in [0.1, 0.15) is 12.4 Å². The van der Waals surface area contributed by atoms with E-state index in [4.69, 9.17) is 15.2 Å². The van der Waals surface area contributed by atoms with Crippen LogP contribution in [0.3, 0.4) is 0 Å². The van der Waals surface area contributed by atoms with Crippen molar-refractivity contribution in [3.8, 4) is 5.75 Å². The van der Waals surface area contributed by atoms with Gasteiger partial charge in [-0.05, 0) is 43.4 Å². The van der Waals surface area contributed by atoms with Gasteiger partial charge in [0, 0.05) is 0 Å². The minimum atomic E-state index is -1.02. The molecule has 0 amide bonds. The summed E-state index contributed by atoms with van der Waals surface area (Å²) in [6.07, 6.45) is 1.92. The molecule has 1 aliphatic carbocycles. The molecule has 0 heterocycles. The second-order valence-corrected chi connectivity index (χ2v) is 4.91. The lowest BCUT2D eigenvalue weighted by Crippen LogP contribution is -2.55. The minimum absolute atomic E-state index is 0.161. The van der Waals surface area contributed by atoms with E-state index in [0.717, 1.165) is 24.2 Å². The molecule has 1 unspecified atom stereocenters. The van der Waals surface area contributed by atoms with Crippen LogP contribution in [0.25, 0.3) is 0 Å². The molecule has 4 nitrogen and oxygen atoms in total. The minimum Gasteiger partial charge on any atom is -0.491 e. The van der Waals surface area contributed by atoms with Gasteiger partial charge >= 0.3 is 5.97 Å². The summed E-state index contributed by atoms with van der Waals surface area (Å²) in [7, 11) is 1.36. The number of rotatable bonds is 5. The molecule has 1 aromatic carbocycles. The molecule has 2 N–H and O–H groups in total. The van der Waals surface area contributed by atoms with Gasteiger partial charge in [0.2, 0.25) is 0 Å². The van der Waals surface area contributed by atoms with Crippen molar-refractivity contribution < 1.29 is 14.3 Å². The molecule has 0 radical (unpaired) electrons. The summed E-state index contributed by atoms with van der Waals surface area (Å²) >= 11 is 0. The number of ether oxygens (including phenoxy) is 2. The van der Waals surface area contributed by atoms with Crippen LogP contribution in [0.15, 0.2) is 24.3 Å². The van der Waals surface area contributed by atoms with Crippen LogP contribution < -0.4 is 10.5 Å².